The normalized spacial score (nSPS) is 10.2. The van der Waals surface area contributed by atoms with E-state index in [1.54, 1.807) is 31.2 Å². The molecule has 0 aliphatic carbocycles. The number of para-hydroxylation sites is 1. The van der Waals surface area contributed by atoms with Crippen molar-refractivity contribution in [2.75, 3.05) is 11.9 Å². The minimum absolute atomic E-state index is 0.0266. The van der Waals surface area contributed by atoms with Crippen molar-refractivity contribution in [1.82, 2.24) is 0 Å². The summed E-state index contributed by atoms with van der Waals surface area (Å²) in [7, 11) is 0. The van der Waals surface area contributed by atoms with E-state index in [1.165, 1.54) is 30.3 Å². The first-order chi connectivity index (χ1) is 14.4. The van der Waals surface area contributed by atoms with Gasteiger partial charge in [0.25, 0.3) is 11.6 Å². The van der Waals surface area contributed by atoms with E-state index in [9.17, 15) is 19.7 Å². The molecular weight excluding hydrogens is 388 g/mol. The summed E-state index contributed by atoms with van der Waals surface area (Å²) in [4.78, 5) is 34.5. The number of nitrogens with one attached hydrogen (secondary N) is 1. The van der Waals surface area contributed by atoms with Crippen LogP contribution in [0.4, 0.5) is 11.4 Å². The Morgan fingerprint density at radius 3 is 2.27 bits per heavy atom. The summed E-state index contributed by atoms with van der Waals surface area (Å²) in [5.41, 5.74) is 1.49. The maximum Gasteiger partial charge on any atom is 0.349 e. The monoisotopic (exact) mass is 406 g/mol. The van der Waals surface area contributed by atoms with E-state index in [0.717, 1.165) is 0 Å². The summed E-state index contributed by atoms with van der Waals surface area (Å²) >= 11 is 0. The SMILES string of the molecule is Cc1cc(OCC(=O)Oc2ccc(C(=O)Nc3ccccc3)cc2)ccc1[N+](=O)[O-]. The van der Waals surface area contributed by atoms with Gasteiger partial charge in [-0.25, -0.2) is 4.79 Å². The zero-order chi connectivity index (χ0) is 21.5. The lowest BCUT2D eigenvalue weighted by molar-refractivity contribution is -0.385. The second-order valence-corrected chi connectivity index (χ2v) is 6.31. The van der Waals surface area contributed by atoms with Gasteiger partial charge in [0, 0.05) is 22.9 Å². The van der Waals surface area contributed by atoms with Gasteiger partial charge < -0.3 is 14.8 Å². The molecule has 8 heteroatoms. The third-order valence-electron chi connectivity index (χ3n) is 4.10. The third kappa shape index (κ3) is 5.41. The van der Waals surface area contributed by atoms with Gasteiger partial charge in [-0.1, -0.05) is 18.2 Å². The number of aryl methyl sites for hydroxylation is 1. The van der Waals surface area contributed by atoms with Crippen LogP contribution in [0.3, 0.4) is 0 Å². The maximum absolute atomic E-state index is 12.2. The molecule has 30 heavy (non-hydrogen) atoms. The summed E-state index contributed by atoms with van der Waals surface area (Å²) in [6, 6.07) is 19.4. The second-order valence-electron chi connectivity index (χ2n) is 6.31. The van der Waals surface area contributed by atoms with Crippen LogP contribution >= 0.6 is 0 Å². The topological polar surface area (TPSA) is 108 Å². The molecule has 1 N–H and O–H groups in total. The largest absolute Gasteiger partial charge is 0.482 e. The Hall–Kier alpha value is -4.20. The van der Waals surface area contributed by atoms with E-state index < -0.39 is 10.9 Å². The van der Waals surface area contributed by atoms with Gasteiger partial charge >= 0.3 is 5.97 Å². The molecule has 152 valence electrons. The number of carbonyl (C=O) groups excluding carboxylic acids is 2. The van der Waals surface area contributed by atoms with Gasteiger partial charge in [-0.15, -0.1) is 0 Å². The minimum atomic E-state index is -0.646. The number of nitro groups is 1. The highest BCUT2D eigenvalue weighted by atomic mass is 16.6. The Kier molecular flexibility index (Phi) is 6.39. The Labute approximate surface area is 172 Å². The highest BCUT2D eigenvalue weighted by Gasteiger charge is 2.13. The van der Waals surface area contributed by atoms with Gasteiger partial charge in [-0.2, -0.15) is 0 Å². The molecule has 3 aromatic rings. The number of amides is 1. The number of hydrogen-bond donors (Lipinski definition) is 1. The Bertz CT molecular complexity index is 1060. The fourth-order valence-electron chi connectivity index (χ4n) is 2.62. The molecule has 0 heterocycles. The molecule has 0 saturated heterocycles. The maximum atomic E-state index is 12.2. The highest BCUT2D eigenvalue weighted by Crippen LogP contribution is 2.23. The minimum Gasteiger partial charge on any atom is -0.482 e. The first-order valence-corrected chi connectivity index (χ1v) is 8.97. The van der Waals surface area contributed by atoms with Crippen molar-refractivity contribution >= 4 is 23.3 Å². The number of carbonyl (C=O) groups is 2. The zero-order valence-corrected chi connectivity index (χ0v) is 16.0. The van der Waals surface area contributed by atoms with E-state index >= 15 is 0 Å². The molecule has 3 rings (SSSR count). The molecule has 0 bridgehead atoms. The zero-order valence-electron chi connectivity index (χ0n) is 16.0. The van der Waals surface area contributed by atoms with Crippen molar-refractivity contribution < 1.29 is 24.0 Å². The Morgan fingerprint density at radius 2 is 1.63 bits per heavy atom. The van der Waals surface area contributed by atoms with Crippen molar-refractivity contribution in [3.63, 3.8) is 0 Å². The van der Waals surface area contributed by atoms with Crippen molar-refractivity contribution in [2.45, 2.75) is 6.92 Å². The first-order valence-electron chi connectivity index (χ1n) is 8.97. The number of esters is 1. The molecule has 0 radical (unpaired) electrons. The Morgan fingerprint density at radius 1 is 0.967 bits per heavy atom. The standard InChI is InChI=1S/C22H18N2O6/c1-15-13-19(11-12-20(15)24(27)28)29-14-21(25)30-18-9-7-16(8-10-18)22(26)23-17-5-3-2-4-6-17/h2-13H,14H2,1H3,(H,23,26). The van der Waals surface area contributed by atoms with E-state index in [0.29, 0.717) is 22.6 Å². The predicted molar refractivity (Wildman–Crippen MR) is 110 cm³/mol. The van der Waals surface area contributed by atoms with Gasteiger partial charge in [0.05, 0.1) is 4.92 Å². The second kappa shape index (κ2) is 9.33. The van der Waals surface area contributed by atoms with Crippen LogP contribution in [0, 0.1) is 17.0 Å². The van der Waals surface area contributed by atoms with E-state index in [1.807, 2.05) is 18.2 Å². The number of nitrogens with zero attached hydrogens (tertiary/aromatic N) is 1. The van der Waals surface area contributed by atoms with Crippen LogP contribution in [0.2, 0.25) is 0 Å². The summed E-state index contributed by atoms with van der Waals surface area (Å²) in [5.74, 6) is -0.342. The molecule has 0 aliphatic heterocycles. The number of ether oxygens (including phenoxy) is 2. The lowest BCUT2D eigenvalue weighted by atomic mass is 10.2. The van der Waals surface area contributed by atoms with Crippen molar-refractivity contribution in [1.29, 1.82) is 0 Å². The van der Waals surface area contributed by atoms with Crippen molar-refractivity contribution in [3.05, 3.63) is 94.0 Å². The van der Waals surface area contributed by atoms with Crippen LogP contribution in [-0.2, 0) is 4.79 Å². The molecule has 0 spiro atoms. The number of rotatable bonds is 7. The van der Waals surface area contributed by atoms with Crippen LogP contribution in [0.1, 0.15) is 15.9 Å². The fraction of sp³-hybridized carbons (Fsp3) is 0.0909. The molecule has 0 aliphatic rings. The number of nitro benzene ring substituents is 1. The van der Waals surface area contributed by atoms with Crippen LogP contribution in [0.15, 0.2) is 72.8 Å². The van der Waals surface area contributed by atoms with Gasteiger partial charge in [-0.05, 0) is 55.5 Å². The summed E-state index contributed by atoms with van der Waals surface area (Å²) in [5, 5.41) is 13.6. The van der Waals surface area contributed by atoms with Gasteiger partial charge in [-0.3, -0.25) is 14.9 Å². The molecule has 8 nitrogen and oxygen atoms in total. The molecule has 3 aromatic carbocycles. The van der Waals surface area contributed by atoms with Crippen LogP contribution < -0.4 is 14.8 Å². The predicted octanol–water partition coefficient (Wildman–Crippen LogP) is 4.14. The smallest absolute Gasteiger partial charge is 0.349 e. The fourth-order valence-corrected chi connectivity index (χ4v) is 2.62. The van der Waals surface area contributed by atoms with Gasteiger partial charge in [0.1, 0.15) is 11.5 Å². The van der Waals surface area contributed by atoms with E-state index in [-0.39, 0.29) is 24.0 Å². The highest BCUT2D eigenvalue weighted by molar-refractivity contribution is 6.04. The average Bonchev–Trinajstić information content (AvgIpc) is 2.73. The number of hydrogen-bond acceptors (Lipinski definition) is 6. The summed E-state index contributed by atoms with van der Waals surface area (Å²) < 4.78 is 10.5. The molecule has 0 atom stereocenters. The molecule has 0 fully saturated rings. The Balaban J connectivity index is 1.52. The van der Waals surface area contributed by atoms with Crippen LogP contribution in [0.25, 0.3) is 0 Å². The molecule has 0 aromatic heterocycles. The number of anilines is 1. The van der Waals surface area contributed by atoms with Crippen LogP contribution in [0.5, 0.6) is 11.5 Å². The summed E-state index contributed by atoms with van der Waals surface area (Å²) in [6.07, 6.45) is 0. The first kappa shape index (κ1) is 20.5. The van der Waals surface area contributed by atoms with E-state index in [2.05, 4.69) is 5.32 Å². The summed E-state index contributed by atoms with van der Waals surface area (Å²) in [6.45, 7) is 1.21. The molecular formula is C22H18N2O6. The third-order valence-corrected chi connectivity index (χ3v) is 4.10. The van der Waals surface area contributed by atoms with E-state index in [4.69, 9.17) is 9.47 Å². The molecule has 0 saturated carbocycles. The lowest BCUT2D eigenvalue weighted by Crippen LogP contribution is -2.18. The average molecular weight is 406 g/mol. The molecule has 0 unspecified atom stereocenters. The van der Waals surface area contributed by atoms with Crippen molar-refractivity contribution in [2.24, 2.45) is 0 Å². The van der Waals surface area contributed by atoms with Gasteiger partial charge in [0.2, 0.25) is 0 Å². The van der Waals surface area contributed by atoms with Crippen molar-refractivity contribution in [3.8, 4) is 11.5 Å². The quantitative estimate of drug-likeness (QED) is 0.273. The van der Waals surface area contributed by atoms with Gasteiger partial charge in [0.15, 0.2) is 6.61 Å². The lowest BCUT2D eigenvalue weighted by Gasteiger charge is -2.08. The van der Waals surface area contributed by atoms with Crippen LogP contribution in [-0.4, -0.2) is 23.4 Å². The molecule has 1 amide bonds. The number of benzene rings is 3.